The highest BCUT2D eigenvalue weighted by Gasteiger charge is 2.49. The van der Waals surface area contributed by atoms with E-state index in [4.69, 9.17) is 27.4 Å². The van der Waals surface area contributed by atoms with E-state index in [0.29, 0.717) is 41.8 Å². The zero-order valence-electron chi connectivity index (χ0n) is 18.3. The fourth-order valence-electron chi connectivity index (χ4n) is 4.45. The van der Waals surface area contributed by atoms with E-state index in [1.807, 2.05) is 0 Å². The molecule has 0 amide bonds. The van der Waals surface area contributed by atoms with Gasteiger partial charge in [0.1, 0.15) is 22.9 Å². The van der Waals surface area contributed by atoms with Crippen molar-refractivity contribution >= 4 is 30.4 Å². The van der Waals surface area contributed by atoms with E-state index in [0.717, 1.165) is 0 Å². The number of carboxylic acids is 1. The summed E-state index contributed by atoms with van der Waals surface area (Å²) >= 11 is 5.88. The predicted octanol–water partition coefficient (Wildman–Crippen LogP) is 3.93. The molecule has 6 nitrogen and oxygen atoms in total. The van der Waals surface area contributed by atoms with Crippen molar-refractivity contribution in [2.75, 3.05) is 11.9 Å². The molecule has 0 radical (unpaired) electrons. The number of carboxylic acid groups (broad SMARTS) is 1. The maximum atomic E-state index is 14.9. The van der Waals surface area contributed by atoms with Crippen molar-refractivity contribution in [3.63, 3.8) is 0 Å². The fourth-order valence-corrected chi connectivity index (χ4v) is 4.57. The lowest BCUT2D eigenvalue weighted by Crippen LogP contribution is -2.61. The number of benzene rings is 2. The van der Waals surface area contributed by atoms with E-state index in [-0.39, 0.29) is 30.4 Å². The average Bonchev–Trinajstić information content (AvgIpc) is 2.69. The highest BCUT2D eigenvalue weighted by molar-refractivity contribution is 6.40. The fraction of sp³-hybridized carbons (Fsp3) is 0.435. The lowest BCUT2D eigenvalue weighted by atomic mass is 9.65. The summed E-state index contributed by atoms with van der Waals surface area (Å²) in [5, 5.41) is 28.1. The monoisotopic (exact) mass is 480 g/mol. The summed E-state index contributed by atoms with van der Waals surface area (Å²) in [5.41, 5.74) is 5.62. The third-order valence-electron chi connectivity index (χ3n) is 6.64. The number of nitrogens with two attached hydrogens (primary N) is 1. The summed E-state index contributed by atoms with van der Waals surface area (Å²) in [6.45, 7) is 0. The van der Waals surface area contributed by atoms with Crippen LogP contribution in [0.15, 0.2) is 36.4 Å². The second-order valence-electron chi connectivity index (χ2n) is 8.80. The number of nitrogens with zero attached hydrogens (tertiary/aromatic N) is 1. The normalized spacial score (nSPS) is 19.5. The quantitative estimate of drug-likeness (QED) is 0.303. The summed E-state index contributed by atoms with van der Waals surface area (Å²) in [6.07, 6.45) is 1.99. The standard InChI is InChI=1S/C23H28BClF2N2O4/c1-29(18-12-16(13-18)23(28,22(30)31)8-2-3-9-24(32)33)21-19(26)10-15(11-20(21)27)14-4-6-17(25)7-5-14/h4-7,10-11,16,18,32-33H,2-3,8-9,12-13,28H2,1H3,(H,30,31)/t16-,18-,23-/m0/s1. The van der Waals surface area contributed by atoms with E-state index in [1.54, 1.807) is 31.3 Å². The van der Waals surface area contributed by atoms with Crippen LogP contribution in [0, 0.1) is 17.6 Å². The van der Waals surface area contributed by atoms with Crippen LogP contribution in [0.1, 0.15) is 32.1 Å². The van der Waals surface area contributed by atoms with Crippen molar-refractivity contribution in [1.29, 1.82) is 0 Å². The van der Waals surface area contributed by atoms with E-state index in [9.17, 15) is 18.7 Å². The number of aliphatic carboxylic acids is 1. The van der Waals surface area contributed by atoms with Gasteiger partial charge in [0.05, 0.1) is 0 Å². The van der Waals surface area contributed by atoms with Crippen molar-refractivity contribution in [3.8, 4) is 11.1 Å². The SMILES string of the molecule is CN(c1c(F)cc(-c2ccc(Cl)cc2)cc1F)[C@H]1C[C@H]([C@@](N)(CCCCB(O)O)C(=O)O)C1. The van der Waals surface area contributed by atoms with Gasteiger partial charge in [0.15, 0.2) is 0 Å². The molecule has 0 aliphatic heterocycles. The van der Waals surface area contributed by atoms with Crippen LogP contribution in [0.3, 0.4) is 0 Å². The van der Waals surface area contributed by atoms with Crippen molar-refractivity contribution < 1.29 is 28.7 Å². The van der Waals surface area contributed by atoms with Crippen LogP contribution in [-0.4, -0.2) is 46.9 Å². The van der Waals surface area contributed by atoms with Crippen LogP contribution >= 0.6 is 11.6 Å². The number of hydrogen-bond acceptors (Lipinski definition) is 5. The number of unbranched alkanes of at least 4 members (excludes halogenated alkanes) is 1. The Balaban J connectivity index is 1.68. The van der Waals surface area contributed by atoms with Crippen LogP contribution in [0.2, 0.25) is 11.3 Å². The molecule has 1 atom stereocenters. The van der Waals surface area contributed by atoms with Gasteiger partial charge in [-0.2, -0.15) is 0 Å². The van der Waals surface area contributed by atoms with Gasteiger partial charge < -0.3 is 25.8 Å². The van der Waals surface area contributed by atoms with E-state index in [2.05, 4.69) is 0 Å². The minimum atomic E-state index is -1.47. The Bertz CT molecular complexity index is 966. The Morgan fingerprint density at radius 1 is 1.15 bits per heavy atom. The molecule has 2 aromatic rings. The molecule has 33 heavy (non-hydrogen) atoms. The van der Waals surface area contributed by atoms with Gasteiger partial charge in [-0.3, -0.25) is 4.79 Å². The molecule has 0 bridgehead atoms. The lowest BCUT2D eigenvalue weighted by molar-refractivity contribution is -0.147. The molecule has 3 rings (SSSR count). The number of rotatable bonds is 10. The van der Waals surface area contributed by atoms with Crippen molar-refractivity contribution in [2.45, 2.75) is 50.0 Å². The minimum Gasteiger partial charge on any atom is -0.480 e. The van der Waals surface area contributed by atoms with Gasteiger partial charge in [0, 0.05) is 18.1 Å². The second kappa shape index (κ2) is 10.4. The molecule has 178 valence electrons. The maximum Gasteiger partial charge on any atom is 0.451 e. The second-order valence-corrected chi connectivity index (χ2v) is 9.24. The molecule has 0 aromatic heterocycles. The number of anilines is 1. The third kappa shape index (κ3) is 5.66. The summed E-state index contributed by atoms with van der Waals surface area (Å²) in [4.78, 5) is 13.4. The first-order valence-corrected chi connectivity index (χ1v) is 11.3. The summed E-state index contributed by atoms with van der Waals surface area (Å²) in [7, 11) is 0.158. The summed E-state index contributed by atoms with van der Waals surface area (Å²) in [5.74, 6) is -2.87. The van der Waals surface area contributed by atoms with Crippen LogP contribution in [0.4, 0.5) is 14.5 Å². The van der Waals surface area contributed by atoms with Gasteiger partial charge in [-0.25, -0.2) is 8.78 Å². The highest BCUT2D eigenvalue weighted by Crippen LogP contribution is 2.43. The highest BCUT2D eigenvalue weighted by atomic mass is 35.5. The molecule has 0 unspecified atom stereocenters. The molecule has 0 spiro atoms. The molecule has 1 fully saturated rings. The average molecular weight is 481 g/mol. The zero-order valence-corrected chi connectivity index (χ0v) is 19.1. The molecule has 1 aliphatic carbocycles. The number of carbonyl (C=O) groups is 1. The molecule has 2 aromatic carbocycles. The van der Waals surface area contributed by atoms with Gasteiger partial charge in [-0.15, -0.1) is 0 Å². The van der Waals surface area contributed by atoms with E-state index in [1.165, 1.54) is 17.0 Å². The van der Waals surface area contributed by atoms with Gasteiger partial charge in [-0.1, -0.05) is 36.6 Å². The van der Waals surface area contributed by atoms with Crippen molar-refractivity contribution in [1.82, 2.24) is 0 Å². The first-order valence-electron chi connectivity index (χ1n) is 10.9. The Kier molecular flexibility index (Phi) is 8.00. The smallest absolute Gasteiger partial charge is 0.451 e. The predicted molar refractivity (Wildman–Crippen MR) is 125 cm³/mol. The van der Waals surface area contributed by atoms with Crippen molar-refractivity contribution in [2.24, 2.45) is 11.7 Å². The Morgan fingerprint density at radius 3 is 2.24 bits per heavy atom. The van der Waals surface area contributed by atoms with Crippen LogP contribution in [0.25, 0.3) is 11.1 Å². The molecule has 1 saturated carbocycles. The maximum absolute atomic E-state index is 14.9. The van der Waals surface area contributed by atoms with Gasteiger partial charge in [-0.05, 0) is 66.9 Å². The molecule has 0 saturated heterocycles. The van der Waals surface area contributed by atoms with Gasteiger partial charge in [0.25, 0.3) is 0 Å². The molecular formula is C23H28BClF2N2O4. The van der Waals surface area contributed by atoms with Crippen LogP contribution in [-0.2, 0) is 4.79 Å². The minimum absolute atomic E-state index is 0.149. The summed E-state index contributed by atoms with van der Waals surface area (Å²) in [6, 6.07) is 8.96. The molecule has 0 heterocycles. The Hall–Kier alpha value is -2.20. The molecule has 10 heteroatoms. The first-order chi connectivity index (χ1) is 15.5. The van der Waals surface area contributed by atoms with Crippen molar-refractivity contribution in [3.05, 3.63) is 53.1 Å². The third-order valence-corrected chi connectivity index (χ3v) is 6.89. The van der Waals surface area contributed by atoms with E-state index < -0.39 is 30.3 Å². The molecule has 1 aliphatic rings. The number of halogens is 3. The lowest BCUT2D eigenvalue weighted by Gasteiger charge is -2.48. The van der Waals surface area contributed by atoms with Crippen LogP contribution in [0.5, 0.6) is 0 Å². The van der Waals surface area contributed by atoms with Crippen LogP contribution < -0.4 is 10.6 Å². The largest absolute Gasteiger partial charge is 0.480 e. The zero-order chi connectivity index (χ0) is 24.3. The summed E-state index contributed by atoms with van der Waals surface area (Å²) < 4.78 is 29.8. The molecule has 5 N–H and O–H groups in total. The molecular weight excluding hydrogens is 453 g/mol. The van der Waals surface area contributed by atoms with Gasteiger partial charge in [0.2, 0.25) is 0 Å². The number of hydrogen-bond donors (Lipinski definition) is 4. The Labute approximate surface area is 197 Å². The van der Waals surface area contributed by atoms with Gasteiger partial charge >= 0.3 is 13.1 Å². The topological polar surface area (TPSA) is 107 Å². The van der Waals surface area contributed by atoms with E-state index >= 15 is 0 Å². The first kappa shape index (κ1) is 25.4. The Morgan fingerprint density at radius 2 is 1.73 bits per heavy atom.